The highest BCUT2D eigenvalue weighted by atomic mass is 16.6. The number of nitrogens with two attached hydrogens (primary N) is 1. The molecule has 8 nitrogen and oxygen atoms in total. The first-order valence-corrected chi connectivity index (χ1v) is 8.11. The number of nitro groups is 1. The molecule has 2 aromatic rings. The van der Waals surface area contributed by atoms with Crippen LogP contribution in [0.15, 0.2) is 42.5 Å². The summed E-state index contributed by atoms with van der Waals surface area (Å²) in [6, 6.07) is 11.0. The van der Waals surface area contributed by atoms with E-state index in [1.165, 1.54) is 12.1 Å². The van der Waals surface area contributed by atoms with Gasteiger partial charge in [-0.25, -0.2) is 0 Å². The van der Waals surface area contributed by atoms with E-state index in [9.17, 15) is 19.7 Å². The van der Waals surface area contributed by atoms with Crippen molar-refractivity contribution in [3.8, 4) is 0 Å². The number of rotatable bonds is 7. The van der Waals surface area contributed by atoms with E-state index in [4.69, 9.17) is 5.73 Å². The summed E-state index contributed by atoms with van der Waals surface area (Å²) < 4.78 is 0. The molecule has 0 aliphatic heterocycles. The topological polar surface area (TPSA) is 127 Å². The van der Waals surface area contributed by atoms with Gasteiger partial charge in [0, 0.05) is 30.3 Å². The van der Waals surface area contributed by atoms with Crippen molar-refractivity contribution in [3.05, 3.63) is 63.7 Å². The van der Waals surface area contributed by atoms with Gasteiger partial charge in [-0.1, -0.05) is 19.1 Å². The maximum Gasteiger partial charge on any atom is 0.292 e. The van der Waals surface area contributed by atoms with Gasteiger partial charge < -0.3 is 16.4 Å². The van der Waals surface area contributed by atoms with Crippen molar-refractivity contribution in [1.29, 1.82) is 0 Å². The van der Waals surface area contributed by atoms with Crippen molar-refractivity contribution in [3.63, 3.8) is 0 Å². The second kappa shape index (κ2) is 8.61. The minimum absolute atomic E-state index is 0.00672. The molecule has 0 spiro atoms. The van der Waals surface area contributed by atoms with E-state index in [2.05, 4.69) is 10.6 Å². The zero-order chi connectivity index (χ0) is 19.1. The molecule has 4 N–H and O–H groups in total. The molecule has 0 saturated heterocycles. The van der Waals surface area contributed by atoms with Crippen LogP contribution in [0.4, 0.5) is 17.1 Å². The molecule has 26 heavy (non-hydrogen) atoms. The van der Waals surface area contributed by atoms with Crippen LogP contribution in [0.1, 0.15) is 35.7 Å². The Morgan fingerprint density at radius 2 is 1.85 bits per heavy atom. The zero-order valence-corrected chi connectivity index (χ0v) is 14.3. The Hall–Kier alpha value is -3.42. The molecule has 2 aromatic carbocycles. The number of amides is 2. The first-order valence-electron chi connectivity index (χ1n) is 8.11. The van der Waals surface area contributed by atoms with Crippen LogP contribution in [0.25, 0.3) is 0 Å². The Bertz CT molecular complexity index is 818. The Morgan fingerprint density at radius 1 is 1.15 bits per heavy atom. The van der Waals surface area contributed by atoms with E-state index in [1.54, 1.807) is 24.3 Å². The lowest BCUT2D eigenvalue weighted by molar-refractivity contribution is -0.383. The number of benzene rings is 2. The van der Waals surface area contributed by atoms with Gasteiger partial charge in [0.2, 0.25) is 5.91 Å². The van der Waals surface area contributed by atoms with Gasteiger partial charge in [0.1, 0.15) is 5.69 Å². The van der Waals surface area contributed by atoms with Crippen molar-refractivity contribution in [1.82, 2.24) is 5.32 Å². The molecule has 0 saturated carbocycles. The highest BCUT2D eigenvalue weighted by molar-refractivity contribution is 5.95. The van der Waals surface area contributed by atoms with Crippen LogP contribution in [0.2, 0.25) is 0 Å². The van der Waals surface area contributed by atoms with E-state index in [-0.39, 0.29) is 29.4 Å². The smallest absolute Gasteiger partial charge is 0.292 e. The maximum atomic E-state index is 12.2. The summed E-state index contributed by atoms with van der Waals surface area (Å²) in [5.41, 5.74) is 6.90. The molecule has 2 amide bonds. The highest BCUT2D eigenvalue weighted by Gasteiger charge is 2.15. The van der Waals surface area contributed by atoms with Crippen LogP contribution in [0, 0.1) is 10.1 Å². The lowest BCUT2D eigenvalue weighted by Crippen LogP contribution is -2.23. The van der Waals surface area contributed by atoms with Crippen molar-refractivity contribution in [2.45, 2.75) is 26.3 Å². The lowest BCUT2D eigenvalue weighted by Gasteiger charge is -2.08. The van der Waals surface area contributed by atoms with Crippen LogP contribution in [-0.4, -0.2) is 16.7 Å². The number of nitrogen functional groups attached to an aromatic ring is 1. The Kier molecular flexibility index (Phi) is 6.26. The van der Waals surface area contributed by atoms with Crippen molar-refractivity contribution < 1.29 is 14.5 Å². The van der Waals surface area contributed by atoms with Gasteiger partial charge in [0.25, 0.3) is 11.6 Å². The van der Waals surface area contributed by atoms with Gasteiger partial charge in [-0.05, 0) is 36.2 Å². The summed E-state index contributed by atoms with van der Waals surface area (Å²) in [7, 11) is 0. The fourth-order valence-electron chi connectivity index (χ4n) is 2.28. The summed E-state index contributed by atoms with van der Waals surface area (Å²) in [4.78, 5) is 34.0. The fraction of sp³-hybridized carbons (Fsp3) is 0.222. The number of hydrogen-bond donors (Lipinski definition) is 3. The predicted octanol–water partition coefficient (Wildman–Crippen LogP) is 2.85. The monoisotopic (exact) mass is 356 g/mol. The summed E-state index contributed by atoms with van der Waals surface area (Å²) in [6.07, 6.45) is 1.24. The average Bonchev–Trinajstić information content (AvgIpc) is 2.61. The van der Waals surface area contributed by atoms with Crippen LogP contribution in [0.3, 0.4) is 0 Å². The molecule has 0 fully saturated rings. The molecule has 2 rings (SSSR count). The highest BCUT2D eigenvalue weighted by Crippen LogP contribution is 2.22. The number of nitro benzene ring substituents is 1. The van der Waals surface area contributed by atoms with Gasteiger partial charge in [0.15, 0.2) is 0 Å². The molecule has 0 atom stereocenters. The van der Waals surface area contributed by atoms with Crippen molar-refractivity contribution >= 4 is 28.9 Å². The zero-order valence-electron chi connectivity index (χ0n) is 14.3. The third-order valence-corrected chi connectivity index (χ3v) is 3.66. The lowest BCUT2D eigenvalue weighted by atomic mass is 10.1. The minimum Gasteiger partial charge on any atom is -0.393 e. The van der Waals surface area contributed by atoms with Crippen LogP contribution in [0.5, 0.6) is 0 Å². The van der Waals surface area contributed by atoms with Crippen LogP contribution < -0.4 is 16.4 Å². The number of carbonyl (C=O) groups is 2. The third kappa shape index (κ3) is 5.04. The summed E-state index contributed by atoms with van der Waals surface area (Å²) in [6.45, 7) is 2.18. The van der Waals surface area contributed by atoms with Crippen LogP contribution in [-0.2, 0) is 11.3 Å². The first-order chi connectivity index (χ1) is 12.4. The quantitative estimate of drug-likeness (QED) is 0.399. The molecule has 0 aliphatic rings. The normalized spacial score (nSPS) is 10.2. The van der Waals surface area contributed by atoms with Gasteiger partial charge in [-0.3, -0.25) is 19.7 Å². The maximum absolute atomic E-state index is 12.2. The molecule has 0 aliphatic carbocycles. The molecular weight excluding hydrogens is 336 g/mol. The Balaban J connectivity index is 1.96. The number of nitrogens with zero attached hydrogens (tertiary/aromatic N) is 1. The molecule has 8 heteroatoms. The molecule has 0 radical (unpaired) electrons. The number of carbonyl (C=O) groups excluding carboxylic acids is 2. The number of anilines is 2. The van der Waals surface area contributed by atoms with E-state index in [0.717, 1.165) is 18.1 Å². The standard InChI is InChI=1S/C18H20N4O4/c1-2-3-17(23)21-14-7-4-12(5-8-14)11-20-18(24)13-6-9-15(19)16(10-13)22(25)26/h4-10H,2-3,11,19H2,1H3,(H,20,24)(H,21,23). The molecule has 0 bridgehead atoms. The first kappa shape index (κ1) is 18.9. The SMILES string of the molecule is CCCC(=O)Nc1ccc(CNC(=O)c2ccc(N)c([N+](=O)[O-])c2)cc1. The Morgan fingerprint density at radius 3 is 2.46 bits per heavy atom. The molecule has 0 unspecified atom stereocenters. The second-order valence-electron chi connectivity index (χ2n) is 5.71. The van der Waals surface area contributed by atoms with E-state index in [1.807, 2.05) is 6.92 Å². The average molecular weight is 356 g/mol. The third-order valence-electron chi connectivity index (χ3n) is 3.66. The van der Waals surface area contributed by atoms with Crippen molar-refractivity contribution in [2.24, 2.45) is 0 Å². The van der Waals surface area contributed by atoms with E-state index < -0.39 is 10.8 Å². The minimum atomic E-state index is -0.627. The van der Waals surface area contributed by atoms with Gasteiger partial charge >= 0.3 is 0 Å². The van der Waals surface area contributed by atoms with Gasteiger partial charge in [-0.2, -0.15) is 0 Å². The second-order valence-corrected chi connectivity index (χ2v) is 5.71. The number of nitrogens with one attached hydrogen (secondary N) is 2. The van der Waals surface area contributed by atoms with Crippen LogP contribution >= 0.6 is 0 Å². The largest absolute Gasteiger partial charge is 0.393 e. The predicted molar refractivity (Wildman–Crippen MR) is 98.7 cm³/mol. The summed E-state index contributed by atoms with van der Waals surface area (Å²) >= 11 is 0. The Labute approximate surface area is 150 Å². The molecular formula is C18H20N4O4. The molecule has 0 heterocycles. The van der Waals surface area contributed by atoms with E-state index in [0.29, 0.717) is 12.1 Å². The fourth-order valence-corrected chi connectivity index (χ4v) is 2.28. The summed E-state index contributed by atoms with van der Waals surface area (Å²) in [5, 5.41) is 16.4. The van der Waals surface area contributed by atoms with E-state index >= 15 is 0 Å². The number of hydrogen-bond acceptors (Lipinski definition) is 5. The van der Waals surface area contributed by atoms with Gasteiger partial charge in [0.05, 0.1) is 4.92 Å². The summed E-state index contributed by atoms with van der Waals surface area (Å²) in [5.74, 6) is -0.480. The van der Waals surface area contributed by atoms with Crippen molar-refractivity contribution in [2.75, 3.05) is 11.1 Å². The molecule has 136 valence electrons. The molecule has 0 aromatic heterocycles. The van der Waals surface area contributed by atoms with Gasteiger partial charge in [-0.15, -0.1) is 0 Å².